The van der Waals surface area contributed by atoms with Crippen molar-refractivity contribution < 1.29 is 9.47 Å². The Morgan fingerprint density at radius 1 is 0.750 bits per heavy atom. The predicted molar refractivity (Wildman–Crippen MR) is 129 cm³/mol. The van der Waals surface area contributed by atoms with Gasteiger partial charge in [0.2, 0.25) is 0 Å². The minimum Gasteiger partial charge on any atom is -0.348 e. The molecule has 6 rings (SSSR count). The van der Waals surface area contributed by atoms with Crippen LogP contribution in [0, 0.1) is 0 Å². The molecule has 0 amide bonds. The van der Waals surface area contributed by atoms with Gasteiger partial charge in [-0.1, -0.05) is 66.4 Å². The van der Waals surface area contributed by atoms with Crippen LogP contribution < -0.4 is 4.90 Å². The zero-order valence-corrected chi connectivity index (χ0v) is 18.9. The molecule has 3 nitrogen and oxygen atoms in total. The smallest absolute Gasteiger partial charge is 0.169 e. The molecular formula is C28H27NO2S. The Morgan fingerprint density at radius 2 is 1.31 bits per heavy atom. The van der Waals surface area contributed by atoms with E-state index in [1.165, 1.54) is 38.0 Å². The lowest BCUT2D eigenvalue weighted by Crippen LogP contribution is -2.34. The number of para-hydroxylation sites is 2. The summed E-state index contributed by atoms with van der Waals surface area (Å²) in [6, 6.07) is 28.4. The first-order chi connectivity index (χ1) is 15.8. The second-order valence-corrected chi connectivity index (χ2v) is 9.78. The molecule has 0 radical (unpaired) electrons. The lowest BCUT2D eigenvalue weighted by atomic mass is 9.86. The Bertz CT molecular complexity index is 1090. The van der Waals surface area contributed by atoms with E-state index in [1.54, 1.807) is 0 Å². The van der Waals surface area contributed by atoms with Crippen molar-refractivity contribution in [3.05, 3.63) is 95.7 Å². The highest BCUT2D eigenvalue weighted by molar-refractivity contribution is 7.99. The molecule has 3 aromatic rings. The summed E-state index contributed by atoms with van der Waals surface area (Å²) >= 11 is 1.87. The number of benzene rings is 3. The molecule has 2 fully saturated rings. The van der Waals surface area contributed by atoms with Crippen LogP contribution in [-0.4, -0.2) is 19.0 Å². The summed E-state index contributed by atoms with van der Waals surface area (Å²) in [5, 5.41) is 0. The molecule has 1 spiro atoms. The SMILES string of the molecule is c1ccc(CC(=C2CCC3(CC2)OCCO3)N2c3ccccc3Sc3ccccc32)cc1. The quantitative estimate of drug-likeness (QED) is 0.432. The maximum Gasteiger partial charge on any atom is 0.169 e. The number of fused-ring (bicyclic) bond motifs is 2. The van der Waals surface area contributed by atoms with Crippen molar-refractivity contribution in [2.24, 2.45) is 0 Å². The summed E-state index contributed by atoms with van der Waals surface area (Å²) < 4.78 is 12.0. The van der Waals surface area contributed by atoms with Gasteiger partial charge in [0.1, 0.15) is 0 Å². The van der Waals surface area contributed by atoms with Crippen molar-refractivity contribution >= 4 is 23.1 Å². The van der Waals surface area contributed by atoms with Gasteiger partial charge >= 0.3 is 0 Å². The van der Waals surface area contributed by atoms with E-state index in [1.807, 2.05) is 11.8 Å². The molecule has 0 N–H and O–H groups in total. The first kappa shape index (κ1) is 20.1. The molecule has 4 heteroatoms. The molecule has 3 aliphatic rings. The summed E-state index contributed by atoms with van der Waals surface area (Å²) in [5.74, 6) is -0.352. The van der Waals surface area contributed by atoms with Gasteiger partial charge in [0.05, 0.1) is 24.6 Å². The first-order valence-electron chi connectivity index (χ1n) is 11.5. The van der Waals surface area contributed by atoms with Gasteiger partial charge in [-0.2, -0.15) is 0 Å². The Balaban J connectivity index is 1.47. The van der Waals surface area contributed by atoms with Crippen LogP contribution in [0.5, 0.6) is 0 Å². The van der Waals surface area contributed by atoms with E-state index in [9.17, 15) is 0 Å². The van der Waals surface area contributed by atoms with Crippen molar-refractivity contribution in [3.63, 3.8) is 0 Å². The van der Waals surface area contributed by atoms with E-state index in [-0.39, 0.29) is 5.79 Å². The second kappa shape index (κ2) is 8.43. The zero-order valence-electron chi connectivity index (χ0n) is 18.1. The third kappa shape index (κ3) is 3.66. The van der Waals surface area contributed by atoms with Crippen LogP contribution >= 0.6 is 11.8 Å². The minimum absolute atomic E-state index is 0.352. The first-order valence-corrected chi connectivity index (χ1v) is 12.3. The van der Waals surface area contributed by atoms with E-state index < -0.39 is 0 Å². The third-order valence-electron chi connectivity index (χ3n) is 6.75. The van der Waals surface area contributed by atoms with Gasteiger partial charge in [0.15, 0.2) is 5.79 Å². The van der Waals surface area contributed by atoms with Crippen molar-refractivity contribution in [1.82, 2.24) is 0 Å². The normalized spacial score (nSPS) is 19.0. The van der Waals surface area contributed by atoms with Crippen LogP contribution in [0.4, 0.5) is 11.4 Å². The number of hydrogen-bond acceptors (Lipinski definition) is 4. The number of rotatable bonds is 3. The largest absolute Gasteiger partial charge is 0.348 e. The van der Waals surface area contributed by atoms with Crippen LogP contribution in [0.3, 0.4) is 0 Å². The van der Waals surface area contributed by atoms with Crippen LogP contribution in [-0.2, 0) is 15.9 Å². The molecule has 1 saturated carbocycles. The van der Waals surface area contributed by atoms with Crippen LogP contribution in [0.15, 0.2) is 99.9 Å². The highest BCUT2D eigenvalue weighted by atomic mass is 32.2. The molecule has 0 bridgehead atoms. The van der Waals surface area contributed by atoms with Gasteiger partial charge in [0.25, 0.3) is 0 Å². The average Bonchev–Trinajstić information content (AvgIpc) is 3.30. The molecule has 0 atom stereocenters. The molecule has 2 heterocycles. The Labute approximate surface area is 194 Å². The van der Waals surface area contributed by atoms with Gasteiger partial charge in [0, 0.05) is 34.8 Å². The standard InChI is InChI=1S/C28H27NO2S/c1-2-8-21(9-3-1)20-25(22-14-16-28(17-15-22)30-18-19-31-28)29-23-10-4-6-12-26(23)32-27-13-7-5-11-24(27)29/h1-13H,14-20H2. The van der Waals surface area contributed by atoms with Crippen molar-refractivity contribution in [2.75, 3.05) is 18.1 Å². The maximum atomic E-state index is 6.02. The number of anilines is 2. The topological polar surface area (TPSA) is 21.7 Å². The van der Waals surface area contributed by atoms with E-state index in [2.05, 4.69) is 83.8 Å². The summed E-state index contributed by atoms with van der Waals surface area (Å²) in [6.45, 7) is 1.44. The van der Waals surface area contributed by atoms with E-state index >= 15 is 0 Å². The molecule has 3 aromatic carbocycles. The predicted octanol–water partition coefficient (Wildman–Crippen LogP) is 7.10. The summed E-state index contributed by atoms with van der Waals surface area (Å²) in [7, 11) is 0. The van der Waals surface area contributed by atoms with Gasteiger partial charge in [-0.25, -0.2) is 0 Å². The number of nitrogens with zero attached hydrogens (tertiary/aromatic N) is 1. The van der Waals surface area contributed by atoms with Crippen molar-refractivity contribution in [2.45, 2.75) is 47.7 Å². The van der Waals surface area contributed by atoms with Gasteiger partial charge in [-0.15, -0.1) is 0 Å². The Morgan fingerprint density at radius 3 is 1.94 bits per heavy atom. The summed E-state index contributed by atoms with van der Waals surface area (Å²) in [6.07, 6.45) is 4.81. The molecule has 2 aliphatic heterocycles. The number of hydrogen-bond donors (Lipinski definition) is 0. The number of allylic oxidation sites excluding steroid dienone is 2. The molecular weight excluding hydrogens is 414 g/mol. The maximum absolute atomic E-state index is 6.02. The van der Waals surface area contributed by atoms with Gasteiger partial charge < -0.3 is 14.4 Å². The van der Waals surface area contributed by atoms with E-state index in [0.29, 0.717) is 0 Å². The summed E-state index contributed by atoms with van der Waals surface area (Å²) in [4.78, 5) is 5.15. The Kier molecular flexibility index (Phi) is 5.30. The molecule has 32 heavy (non-hydrogen) atoms. The minimum atomic E-state index is -0.352. The van der Waals surface area contributed by atoms with Gasteiger partial charge in [-0.3, -0.25) is 0 Å². The lowest BCUT2D eigenvalue weighted by molar-refractivity contribution is -0.171. The number of ether oxygens (including phenoxy) is 2. The van der Waals surface area contributed by atoms with Gasteiger partial charge in [-0.05, 0) is 48.2 Å². The Hall–Kier alpha value is -2.53. The van der Waals surface area contributed by atoms with Crippen LogP contribution in [0.2, 0.25) is 0 Å². The summed E-state index contributed by atoms with van der Waals surface area (Å²) in [5.41, 5.74) is 6.84. The average molecular weight is 442 g/mol. The lowest BCUT2D eigenvalue weighted by Gasteiger charge is -2.39. The molecule has 1 aliphatic carbocycles. The highest BCUT2D eigenvalue weighted by Gasteiger charge is 2.40. The van der Waals surface area contributed by atoms with Crippen molar-refractivity contribution in [1.29, 1.82) is 0 Å². The molecule has 0 aromatic heterocycles. The fourth-order valence-corrected chi connectivity index (χ4v) is 6.21. The zero-order chi connectivity index (χ0) is 21.4. The van der Waals surface area contributed by atoms with Crippen LogP contribution in [0.25, 0.3) is 0 Å². The molecule has 1 saturated heterocycles. The fourth-order valence-electron chi connectivity index (χ4n) is 5.15. The monoisotopic (exact) mass is 441 g/mol. The van der Waals surface area contributed by atoms with E-state index in [4.69, 9.17) is 9.47 Å². The third-order valence-corrected chi connectivity index (χ3v) is 7.88. The van der Waals surface area contributed by atoms with Crippen molar-refractivity contribution in [3.8, 4) is 0 Å². The molecule has 162 valence electrons. The van der Waals surface area contributed by atoms with Crippen LogP contribution in [0.1, 0.15) is 31.2 Å². The fraction of sp³-hybridized carbons (Fsp3) is 0.286. The van der Waals surface area contributed by atoms with E-state index in [0.717, 1.165) is 45.3 Å². The highest BCUT2D eigenvalue weighted by Crippen LogP contribution is 2.51. The second-order valence-electron chi connectivity index (χ2n) is 8.69. The molecule has 0 unspecified atom stereocenters.